The normalized spacial score (nSPS) is 10.2. The first-order chi connectivity index (χ1) is 11.1. The van der Waals surface area contributed by atoms with Gasteiger partial charge in [-0.3, -0.25) is 4.79 Å². The molecule has 2 rings (SSSR count). The number of anilines is 1. The fourth-order valence-electron chi connectivity index (χ4n) is 1.88. The Morgan fingerprint density at radius 2 is 1.87 bits per heavy atom. The molecule has 2 aromatic rings. The first-order valence-electron chi connectivity index (χ1n) is 7.09. The zero-order valence-electron chi connectivity index (χ0n) is 12.6. The van der Waals surface area contributed by atoms with E-state index in [0.29, 0.717) is 17.8 Å². The van der Waals surface area contributed by atoms with Crippen molar-refractivity contribution in [2.45, 2.75) is 0 Å². The smallest absolute Gasteiger partial charge is 0.339 e. The van der Waals surface area contributed by atoms with Crippen LogP contribution in [-0.4, -0.2) is 32.1 Å². The lowest BCUT2D eigenvalue weighted by molar-refractivity contribution is 0.0510. The molecule has 2 N–H and O–H groups in total. The first-order valence-corrected chi connectivity index (χ1v) is 7.47. The Kier molecular flexibility index (Phi) is 6.14. The van der Waals surface area contributed by atoms with Crippen LogP contribution in [0.1, 0.15) is 20.7 Å². The van der Waals surface area contributed by atoms with Gasteiger partial charge in [-0.05, 0) is 37.4 Å². The van der Waals surface area contributed by atoms with Gasteiger partial charge >= 0.3 is 5.97 Å². The predicted octanol–water partition coefficient (Wildman–Crippen LogP) is 2.97. The standard InChI is InChI=1S/C17H17ClN2O3/c1-19-9-10-23-17(22)14-11-13(7-8-15(14)18)20-16(21)12-5-3-2-4-6-12/h2-8,11,19H,9-10H2,1H3,(H,20,21). The highest BCUT2D eigenvalue weighted by Gasteiger charge is 2.14. The van der Waals surface area contributed by atoms with Crippen LogP contribution in [0.5, 0.6) is 0 Å². The van der Waals surface area contributed by atoms with Crippen molar-refractivity contribution in [3.8, 4) is 0 Å². The van der Waals surface area contributed by atoms with E-state index in [9.17, 15) is 9.59 Å². The summed E-state index contributed by atoms with van der Waals surface area (Å²) in [7, 11) is 1.76. The topological polar surface area (TPSA) is 67.4 Å². The number of carbonyl (C=O) groups is 2. The molecule has 0 radical (unpaired) electrons. The van der Waals surface area contributed by atoms with Gasteiger partial charge in [0.15, 0.2) is 0 Å². The van der Waals surface area contributed by atoms with Gasteiger partial charge in [0.05, 0.1) is 10.6 Å². The van der Waals surface area contributed by atoms with E-state index in [0.717, 1.165) is 0 Å². The predicted molar refractivity (Wildman–Crippen MR) is 90.1 cm³/mol. The zero-order chi connectivity index (χ0) is 16.7. The molecular formula is C17H17ClN2O3. The van der Waals surface area contributed by atoms with Crippen LogP contribution in [0.4, 0.5) is 5.69 Å². The van der Waals surface area contributed by atoms with Crippen molar-refractivity contribution in [1.29, 1.82) is 0 Å². The van der Waals surface area contributed by atoms with E-state index in [1.165, 1.54) is 6.07 Å². The van der Waals surface area contributed by atoms with Crippen LogP contribution in [0.15, 0.2) is 48.5 Å². The van der Waals surface area contributed by atoms with Crippen LogP contribution < -0.4 is 10.6 Å². The van der Waals surface area contributed by atoms with Gasteiger partial charge in [0, 0.05) is 17.8 Å². The van der Waals surface area contributed by atoms with Crippen LogP contribution in [0, 0.1) is 0 Å². The quantitative estimate of drug-likeness (QED) is 0.630. The lowest BCUT2D eigenvalue weighted by Crippen LogP contribution is -2.18. The molecule has 0 saturated heterocycles. The molecular weight excluding hydrogens is 316 g/mol. The maximum absolute atomic E-state index is 12.1. The fraction of sp³-hybridized carbons (Fsp3) is 0.176. The Bertz CT molecular complexity index is 689. The lowest BCUT2D eigenvalue weighted by atomic mass is 10.1. The number of rotatable bonds is 6. The highest BCUT2D eigenvalue weighted by molar-refractivity contribution is 6.33. The molecule has 5 nitrogen and oxygen atoms in total. The minimum Gasteiger partial charge on any atom is -0.461 e. The van der Waals surface area contributed by atoms with Gasteiger partial charge in [-0.25, -0.2) is 4.79 Å². The molecule has 0 spiro atoms. The Morgan fingerprint density at radius 3 is 2.57 bits per heavy atom. The highest BCUT2D eigenvalue weighted by atomic mass is 35.5. The van der Waals surface area contributed by atoms with Crippen molar-refractivity contribution < 1.29 is 14.3 Å². The number of ether oxygens (including phenoxy) is 1. The fourth-order valence-corrected chi connectivity index (χ4v) is 2.07. The number of esters is 1. The second-order valence-electron chi connectivity index (χ2n) is 4.75. The average molecular weight is 333 g/mol. The minimum atomic E-state index is -0.527. The summed E-state index contributed by atoms with van der Waals surface area (Å²) < 4.78 is 5.10. The largest absolute Gasteiger partial charge is 0.461 e. The molecule has 0 aliphatic carbocycles. The van der Waals surface area contributed by atoms with Gasteiger partial charge in [0.25, 0.3) is 5.91 Å². The van der Waals surface area contributed by atoms with E-state index in [4.69, 9.17) is 16.3 Å². The molecule has 0 fully saturated rings. The number of benzene rings is 2. The van der Waals surface area contributed by atoms with Crippen LogP contribution in [0.2, 0.25) is 5.02 Å². The molecule has 0 atom stereocenters. The molecule has 0 aliphatic heterocycles. The second kappa shape index (κ2) is 8.31. The Balaban J connectivity index is 2.10. The number of hydrogen-bond donors (Lipinski definition) is 2. The summed E-state index contributed by atoms with van der Waals surface area (Å²) in [5, 5.41) is 5.88. The van der Waals surface area contributed by atoms with Crippen molar-refractivity contribution in [1.82, 2.24) is 5.32 Å². The summed E-state index contributed by atoms with van der Waals surface area (Å²) in [5.41, 5.74) is 1.22. The van der Waals surface area contributed by atoms with Crippen LogP contribution in [-0.2, 0) is 4.74 Å². The molecule has 1 amide bonds. The van der Waals surface area contributed by atoms with Crippen LogP contribution >= 0.6 is 11.6 Å². The number of carbonyl (C=O) groups excluding carboxylic acids is 2. The summed E-state index contributed by atoms with van der Waals surface area (Å²) >= 11 is 6.03. The van der Waals surface area contributed by atoms with Gasteiger partial charge in [0.1, 0.15) is 6.61 Å². The van der Waals surface area contributed by atoms with E-state index < -0.39 is 5.97 Å². The highest BCUT2D eigenvalue weighted by Crippen LogP contribution is 2.22. The van der Waals surface area contributed by atoms with Gasteiger partial charge in [0.2, 0.25) is 0 Å². The molecule has 0 unspecified atom stereocenters. The van der Waals surface area contributed by atoms with E-state index in [-0.39, 0.29) is 23.1 Å². The molecule has 2 aromatic carbocycles. The average Bonchev–Trinajstić information content (AvgIpc) is 2.57. The molecule has 0 saturated carbocycles. The van der Waals surface area contributed by atoms with E-state index in [2.05, 4.69) is 10.6 Å². The molecule has 0 heterocycles. The monoisotopic (exact) mass is 332 g/mol. The third-order valence-electron chi connectivity index (χ3n) is 3.07. The third kappa shape index (κ3) is 4.81. The third-order valence-corrected chi connectivity index (χ3v) is 3.39. The number of nitrogens with one attached hydrogen (secondary N) is 2. The summed E-state index contributed by atoms with van der Waals surface area (Å²) in [6, 6.07) is 13.5. The maximum atomic E-state index is 12.1. The summed E-state index contributed by atoms with van der Waals surface area (Å²) in [4.78, 5) is 24.1. The van der Waals surface area contributed by atoms with Gasteiger partial charge in [-0.2, -0.15) is 0 Å². The number of halogens is 1. The summed E-state index contributed by atoms with van der Waals surface area (Å²) in [6.07, 6.45) is 0. The summed E-state index contributed by atoms with van der Waals surface area (Å²) in [6.45, 7) is 0.792. The van der Waals surface area contributed by atoms with Crippen molar-refractivity contribution in [3.05, 3.63) is 64.7 Å². The molecule has 0 aliphatic rings. The van der Waals surface area contributed by atoms with Crippen molar-refractivity contribution in [2.75, 3.05) is 25.5 Å². The van der Waals surface area contributed by atoms with Gasteiger partial charge in [-0.1, -0.05) is 29.8 Å². The molecule has 0 bridgehead atoms. The van der Waals surface area contributed by atoms with Gasteiger partial charge in [-0.15, -0.1) is 0 Å². The van der Waals surface area contributed by atoms with Crippen molar-refractivity contribution >= 4 is 29.2 Å². The molecule has 120 valence electrons. The Hall–Kier alpha value is -2.37. The van der Waals surface area contributed by atoms with Crippen molar-refractivity contribution in [3.63, 3.8) is 0 Å². The van der Waals surface area contributed by atoms with E-state index in [1.807, 2.05) is 6.07 Å². The Morgan fingerprint density at radius 1 is 1.13 bits per heavy atom. The SMILES string of the molecule is CNCCOC(=O)c1cc(NC(=O)c2ccccc2)ccc1Cl. The van der Waals surface area contributed by atoms with Crippen molar-refractivity contribution in [2.24, 2.45) is 0 Å². The summed E-state index contributed by atoms with van der Waals surface area (Å²) in [5.74, 6) is -0.788. The second-order valence-corrected chi connectivity index (χ2v) is 5.16. The van der Waals surface area contributed by atoms with Crippen LogP contribution in [0.3, 0.4) is 0 Å². The first kappa shape index (κ1) is 17.0. The van der Waals surface area contributed by atoms with Crippen LogP contribution in [0.25, 0.3) is 0 Å². The maximum Gasteiger partial charge on any atom is 0.339 e. The molecule has 0 aromatic heterocycles. The number of likely N-dealkylation sites (N-methyl/N-ethyl adjacent to an activating group) is 1. The number of hydrogen-bond acceptors (Lipinski definition) is 4. The minimum absolute atomic E-state index is 0.216. The molecule has 6 heteroatoms. The lowest BCUT2D eigenvalue weighted by Gasteiger charge is -2.09. The number of amides is 1. The van der Waals surface area contributed by atoms with Gasteiger partial charge < -0.3 is 15.4 Å². The Labute approximate surface area is 139 Å². The van der Waals surface area contributed by atoms with E-state index in [1.54, 1.807) is 43.4 Å². The van der Waals surface area contributed by atoms with E-state index >= 15 is 0 Å². The zero-order valence-corrected chi connectivity index (χ0v) is 13.4. The molecule has 23 heavy (non-hydrogen) atoms.